The first-order valence-electron chi connectivity index (χ1n) is 40.1. The SMILES string of the molecule is C=C(C)C(=O)OCCNC(=O)Oc1ccc([S+](c2ccc(Cl)cc2)c2ccc(Cl)cc2)cc1.C=C(C)C(=O)OCCNC(=O)Oc1ccc([S+](c2ccc(Cl)cc2Cl)c2ccc(Cl)cc2Cl)cc1.C=C(C)C(=O)Oc1ccc([S+](c2ccc(Cl)cc2)c2ccc(Cl)cc2)cc1.C=CC(=O)Oc1ccc([S+](c2ccc(Cl)cc2)c2ccc(Cl)cc2)cc1.F[P-](F)(F)(F)(F)F.F[P-](F)(F)(F)(F)F.F[P-](F)(F)(F)(F)F.F[P-](F)(F)(F)(F)F. The van der Waals surface area contributed by atoms with Crippen LogP contribution in [0.1, 0.15) is 20.8 Å². The Kier molecular flexibility index (Phi) is 44.4. The van der Waals surface area contributed by atoms with Crippen LogP contribution in [0, 0.1) is 0 Å². The Labute approximate surface area is 895 Å². The van der Waals surface area contributed by atoms with Crippen LogP contribution >= 0.6 is 147 Å². The van der Waals surface area contributed by atoms with E-state index < -0.39 is 89.1 Å². The van der Waals surface area contributed by atoms with Gasteiger partial charge in [-0.3, -0.25) is 0 Å². The van der Waals surface area contributed by atoms with E-state index in [9.17, 15) is 129 Å². The summed E-state index contributed by atoms with van der Waals surface area (Å²) in [7, 11) is -44.4. The van der Waals surface area contributed by atoms with Crippen LogP contribution in [0.4, 0.5) is 110 Å². The summed E-state index contributed by atoms with van der Waals surface area (Å²) in [5.41, 5.74) is 0.946. The molecule has 0 aliphatic heterocycles. The van der Waals surface area contributed by atoms with E-state index in [-0.39, 0.29) is 53.7 Å². The van der Waals surface area contributed by atoms with Gasteiger partial charge < -0.3 is 39.1 Å². The van der Waals surface area contributed by atoms with Gasteiger partial charge in [-0.1, -0.05) is 142 Å². The summed E-state index contributed by atoms with van der Waals surface area (Å²) in [6, 6.07) is 86.6. The van der Waals surface area contributed by atoms with Crippen LogP contribution in [0.25, 0.3) is 0 Å². The zero-order chi connectivity index (χ0) is 113. The summed E-state index contributed by atoms with van der Waals surface area (Å²) in [4.78, 5) is 82.3. The molecule has 149 heavy (non-hydrogen) atoms. The van der Waals surface area contributed by atoms with E-state index in [4.69, 9.17) is 144 Å². The molecule has 56 heteroatoms. The van der Waals surface area contributed by atoms with Gasteiger partial charge in [0.15, 0.2) is 58.7 Å². The molecule has 0 saturated heterocycles. The van der Waals surface area contributed by atoms with E-state index in [1.165, 1.54) is 0 Å². The number of carbonyl (C=O) groups is 6. The number of carbonyl (C=O) groups excluding carboxylic acids is 6. The second-order valence-electron chi connectivity index (χ2n) is 29.1. The molecule has 0 fully saturated rings. The van der Waals surface area contributed by atoms with Gasteiger partial charge in [-0.2, -0.15) is 0 Å². The average molecular weight is 2470 g/mol. The molecule has 0 atom stereocenters. The van der Waals surface area contributed by atoms with E-state index in [0.29, 0.717) is 84.4 Å². The Morgan fingerprint density at radius 1 is 0.262 bits per heavy atom. The summed E-state index contributed by atoms with van der Waals surface area (Å²) in [6.45, 7) is 19.0. The van der Waals surface area contributed by atoms with E-state index in [1.54, 1.807) is 93.6 Å². The van der Waals surface area contributed by atoms with E-state index in [2.05, 4.69) is 36.9 Å². The Balaban J connectivity index is 0.000000321. The summed E-state index contributed by atoms with van der Waals surface area (Å²) in [5, 5.41) is 11.2. The van der Waals surface area contributed by atoms with Gasteiger partial charge >= 0.3 is 168 Å². The van der Waals surface area contributed by atoms with Gasteiger partial charge in [0.25, 0.3) is 0 Å². The number of rotatable bonds is 26. The first-order chi connectivity index (χ1) is 67.8. The molecule has 0 aromatic heterocycles. The molecule has 0 heterocycles. The topological polar surface area (TPSA) is 182 Å². The number of halogens is 34. The van der Waals surface area contributed by atoms with Gasteiger partial charge in [-0.25, -0.2) is 28.8 Å². The molecule has 0 radical (unpaired) electrons. The minimum absolute atomic E-state index is 0.00618. The fourth-order valence-corrected chi connectivity index (χ4v) is 20.6. The first kappa shape index (κ1) is 130. The fraction of sp³-hybridized carbons (Fsp3) is 0.0753. The van der Waals surface area contributed by atoms with Crippen LogP contribution in [0.15, 0.2) is 387 Å². The van der Waals surface area contributed by atoms with Crippen molar-refractivity contribution in [1.29, 1.82) is 0 Å². The molecule has 2 amide bonds. The van der Waals surface area contributed by atoms with Gasteiger partial charge in [0.1, 0.15) is 47.1 Å². The van der Waals surface area contributed by atoms with Crippen LogP contribution in [0.5, 0.6) is 23.0 Å². The third kappa shape index (κ3) is 59.3. The predicted molar refractivity (Wildman–Crippen MR) is 546 cm³/mol. The second-order valence-corrected chi connectivity index (χ2v) is 49.1. The second kappa shape index (κ2) is 50.9. The summed E-state index contributed by atoms with van der Waals surface area (Å²) in [5.74, 6) is -0.240. The Bertz CT molecular complexity index is 6390. The molecule has 0 saturated carbocycles. The number of hydrogen-bond acceptors (Lipinski definition) is 12. The van der Waals surface area contributed by atoms with E-state index in [1.807, 2.05) is 206 Å². The Hall–Kier alpha value is -9.64. The first-order valence-corrected chi connectivity index (χ1v) is 56.9. The van der Waals surface area contributed by atoms with Gasteiger partial charge in [0.05, 0.1) is 55.8 Å². The fourth-order valence-electron chi connectivity index (χ4n) is 10.4. The zero-order valence-electron chi connectivity index (χ0n) is 75.5. The molecule has 0 bridgehead atoms. The van der Waals surface area contributed by atoms with Gasteiger partial charge in [0, 0.05) is 63.0 Å². The van der Waals surface area contributed by atoms with Crippen molar-refractivity contribution in [3.8, 4) is 23.0 Å². The van der Waals surface area contributed by atoms with Gasteiger partial charge in [0.2, 0.25) is 0 Å². The standard InChI is InChI=1S/C25H19Cl4NO4S.C25H21Cl2NO4S.C22H17Cl2O2S.C21H15Cl2O2S.4F6P/c1-15(2)24(31)33-12-11-30-25(32)34-18-5-7-19(8-6-18)35(22-9-3-16(26)13-20(22)28)23-10-4-17(27)14-21(23)29;1-17(2)24(29)31-16-15-28-25(30)32-20-7-13-23(14-8-20)33(21-9-3-18(26)4-10-21)22-11-5-19(27)6-12-22;1-15(2)22(25)26-18-7-13-21(14-8-18)27(19-9-3-16(23)4-10-19)20-11-5-17(24)6-12-20;1-2-21(24)25-17-7-13-20(14-8-17)26(18-9-3-15(22)4-10-18)19-11-5-16(23)6-12-19;4*1-7(2,3,4,5)6/h3-10,13-14H,1,11-12H2,2H3;3-14H,1,15-16H2,2H3;3-14H,1H2,2H3;2-14H,1H2;;;;/q;;2*+1;4*-1/p+2. The van der Waals surface area contributed by atoms with E-state index in [0.717, 1.165) is 64.8 Å². The maximum absolute atomic E-state index is 12.1. The van der Waals surface area contributed by atoms with Crippen molar-refractivity contribution >= 4 is 227 Å². The summed E-state index contributed by atoms with van der Waals surface area (Å²) < 4.78 is 268. The number of hydrogen-bond donors (Lipinski definition) is 2. The van der Waals surface area contributed by atoms with Crippen LogP contribution < -0.4 is 29.6 Å². The molecule has 0 aliphatic rings. The third-order valence-electron chi connectivity index (χ3n) is 16.0. The number of esters is 4. The molecule has 810 valence electrons. The number of nitrogens with one attached hydrogen (secondary N) is 2. The molecular formula is C93H74Cl10F24N2O12P4S4. The average Bonchev–Trinajstić information content (AvgIpc) is 0.792. The monoisotopic (exact) mass is 2470 g/mol. The summed E-state index contributed by atoms with van der Waals surface area (Å²) >= 11 is 61.6. The third-order valence-corrected chi connectivity index (χ3v) is 27.9. The van der Waals surface area contributed by atoms with Crippen LogP contribution in [-0.4, -0.2) is 62.4 Å². The van der Waals surface area contributed by atoms with Gasteiger partial charge in [-0.05, 0) is 300 Å². The van der Waals surface area contributed by atoms with Crippen molar-refractivity contribution in [3.05, 3.63) is 378 Å². The number of ether oxygens (including phenoxy) is 6. The molecule has 0 spiro atoms. The number of amides is 2. The number of benzene rings is 12. The molecule has 12 rings (SSSR count). The van der Waals surface area contributed by atoms with E-state index >= 15 is 0 Å². The zero-order valence-corrected chi connectivity index (χ0v) is 89.9. The van der Waals surface area contributed by atoms with Gasteiger partial charge in [-0.15, -0.1) is 0 Å². The normalized spacial score (nSPS) is 13.0. The van der Waals surface area contributed by atoms with Crippen molar-refractivity contribution in [2.75, 3.05) is 26.3 Å². The van der Waals surface area contributed by atoms with Crippen LogP contribution in [-0.2, 0) is 72.2 Å². The summed E-state index contributed by atoms with van der Waals surface area (Å²) in [6.07, 6.45) is -0.173. The van der Waals surface area contributed by atoms with Crippen LogP contribution in [0.3, 0.4) is 0 Å². The maximum atomic E-state index is 12.1. The molecule has 2 N–H and O–H groups in total. The molecule has 0 unspecified atom stereocenters. The minimum atomic E-state index is -10.7. The van der Waals surface area contributed by atoms with Crippen molar-refractivity contribution in [2.45, 2.75) is 79.5 Å². The molecule has 12 aromatic rings. The van der Waals surface area contributed by atoms with Crippen LogP contribution in [0.2, 0.25) is 50.2 Å². The quantitative estimate of drug-likeness (QED) is 0.00997. The Morgan fingerprint density at radius 3 is 0.624 bits per heavy atom. The van der Waals surface area contributed by atoms with Crippen molar-refractivity contribution in [1.82, 2.24) is 10.6 Å². The van der Waals surface area contributed by atoms with Crippen molar-refractivity contribution < 1.29 is 158 Å². The van der Waals surface area contributed by atoms with Crippen molar-refractivity contribution in [2.24, 2.45) is 0 Å². The molecule has 12 aromatic carbocycles. The predicted octanol–water partition coefficient (Wildman–Crippen LogP) is 40.2. The molecular weight excluding hydrogens is 2400 g/mol. The molecule has 0 aliphatic carbocycles. The molecule has 14 nitrogen and oxygen atoms in total. The Morgan fingerprint density at radius 2 is 0.436 bits per heavy atom. The van der Waals surface area contributed by atoms with Crippen molar-refractivity contribution in [3.63, 3.8) is 0 Å².